The summed E-state index contributed by atoms with van der Waals surface area (Å²) in [6.45, 7) is 1.80. The van der Waals surface area contributed by atoms with E-state index in [1.807, 2.05) is 21.7 Å². The summed E-state index contributed by atoms with van der Waals surface area (Å²) in [5.41, 5.74) is 0.0189. The Morgan fingerprint density at radius 3 is 2.65 bits per heavy atom. The van der Waals surface area contributed by atoms with E-state index in [4.69, 9.17) is 0 Å². The number of hydrogen-bond acceptors (Lipinski definition) is 4. The van der Waals surface area contributed by atoms with E-state index in [-0.39, 0.29) is 18.7 Å². The number of hydrogen-bond donors (Lipinski definition) is 1. The molecule has 0 aliphatic carbocycles. The van der Waals surface area contributed by atoms with Gasteiger partial charge in [-0.05, 0) is 28.8 Å². The fourth-order valence-corrected chi connectivity index (χ4v) is 4.00. The summed E-state index contributed by atoms with van der Waals surface area (Å²) in [5.74, 6) is -2.55. The SMILES string of the molecule is O=C(Cc1ccsc1)N1CC[C@](O)(CN2CCC(F)(F)CC2)C1. The summed E-state index contributed by atoms with van der Waals surface area (Å²) >= 11 is 1.56. The van der Waals surface area contributed by atoms with Gasteiger partial charge in [0.25, 0.3) is 5.92 Å². The van der Waals surface area contributed by atoms with Crippen LogP contribution in [0, 0.1) is 0 Å². The van der Waals surface area contributed by atoms with Crippen molar-refractivity contribution in [3.63, 3.8) is 0 Å². The number of thiophene rings is 1. The number of halogens is 2. The van der Waals surface area contributed by atoms with Crippen LogP contribution in [0.2, 0.25) is 0 Å². The van der Waals surface area contributed by atoms with Crippen LogP contribution in [0.4, 0.5) is 8.78 Å². The van der Waals surface area contributed by atoms with E-state index in [2.05, 4.69) is 0 Å². The Labute approximate surface area is 138 Å². The normalized spacial score (nSPS) is 28.2. The Bertz CT molecular complexity index is 542. The number of rotatable bonds is 4. The lowest BCUT2D eigenvalue weighted by Gasteiger charge is -2.36. The topological polar surface area (TPSA) is 43.8 Å². The highest BCUT2D eigenvalue weighted by Crippen LogP contribution is 2.30. The number of β-amino-alcohol motifs (C(OH)–C–C–N with tert-alkyl or cyclic N) is 1. The van der Waals surface area contributed by atoms with Crippen LogP contribution in [-0.4, -0.2) is 65.1 Å². The minimum absolute atomic E-state index is 0.0181. The van der Waals surface area contributed by atoms with Gasteiger partial charge < -0.3 is 10.0 Å². The molecular formula is C16H22F2N2O2S. The van der Waals surface area contributed by atoms with Gasteiger partial charge in [-0.15, -0.1) is 0 Å². The number of carbonyl (C=O) groups is 1. The Balaban J connectivity index is 1.50. The molecule has 0 spiro atoms. The minimum Gasteiger partial charge on any atom is -0.387 e. The third-order valence-electron chi connectivity index (χ3n) is 4.73. The van der Waals surface area contributed by atoms with Crippen LogP contribution in [0.1, 0.15) is 24.8 Å². The van der Waals surface area contributed by atoms with Gasteiger partial charge >= 0.3 is 0 Å². The molecule has 0 unspecified atom stereocenters. The van der Waals surface area contributed by atoms with Gasteiger partial charge in [-0.25, -0.2) is 8.78 Å². The van der Waals surface area contributed by atoms with Crippen molar-refractivity contribution in [2.24, 2.45) is 0 Å². The van der Waals surface area contributed by atoms with Crippen molar-refractivity contribution in [2.45, 2.75) is 37.2 Å². The molecule has 7 heteroatoms. The molecule has 3 heterocycles. The maximum Gasteiger partial charge on any atom is 0.250 e. The lowest BCUT2D eigenvalue weighted by atomic mass is 10.00. The number of nitrogens with zero attached hydrogens (tertiary/aromatic N) is 2. The van der Waals surface area contributed by atoms with Gasteiger partial charge in [0, 0.05) is 39.0 Å². The summed E-state index contributed by atoms with van der Waals surface area (Å²) < 4.78 is 26.4. The monoisotopic (exact) mass is 344 g/mol. The number of amides is 1. The molecule has 128 valence electrons. The molecule has 4 nitrogen and oxygen atoms in total. The van der Waals surface area contributed by atoms with Crippen LogP contribution in [0.3, 0.4) is 0 Å². The summed E-state index contributed by atoms with van der Waals surface area (Å²) in [7, 11) is 0. The summed E-state index contributed by atoms with van der Waals surface area (Å²) in [6.07, 6.45) is 0.568. The molecule has 3 rings (SSSR count). The fraction of sp³-hybridized carbons (Fsp3) is 0.688. The molecule has 0 saturated carbocycles. The molecular weight excluding hydrogens is 322 g/mol. The van der Waals surface area contributed by atoms with Crippen molar-refractivity contribution in [1.82, 2.24) is 9.80 Å². The zero-order valence-corrected chi connectivity index (χ0v) is 13.8. The van der Waals surface area contributed by atoms with E-state index in [0.29, 0.717) is 45.6 Å². The number of likely N-dealkylation sites (tertiary alicyclic amines) is 2. The molecule has 1 amide bonds. The van der Waals surface area contributed by atoms with E-state index in [0.717, 1.165) is 5.56 Å². The van der Waals surface area contributed by atoms with Crippen LogP contribution in [0.25, 0.3) is 0 Å². The highest BCUT2D eigenvalue weighted by Gasteiger charge is 2.41. The van der Waals surface area contributed by atoms with E-state index in [1.54, 1.807) is 16.2 Å². The fourth-order valence-electron chi connectivity index (χ4n) is 3.33. The Morgan fingerprint density at radius 1 is 1.26 bits per heavy atom. The van der Waals surface area contributed by atoms with Crippen molar-refractivity contribution in [3.8, 4) is 0 Å². The van der Waals surface area contributed by atoms with Crippen LogP contribution in [-0.2, 0) is 11.2 Å². The molecule has 23 heavy (non-hydrogen) atoms. The van der Waals surface area contributed by atoms with Crippen LogP contribution in [0.15, 0.2) is 16.8 Å². The van der Waals surface area contributed by atoms with Crippen molar-refractivity contribution in [1.29, 1.82) is 0 Å². The summed E-state index contributed by atoms with van der Waals surface area (Å²) in [4.78, 5) is 15.9. The van der Waals surface area contributed by atoms with Gasteiger partial charge in [0.05, 0.1) is 18.6 Å². The van der Waals surface area contributed by atoms with Gasteiger partial charge in [-0.2, -0.15) is 11.3 Å². The van der Waals surface area contributed by atoms with E-state index in [1.165, 1.54) is 0 Å². The first-order valence-corrected chi connectivity index (χ1v) is 8.91. The quantitative estimate of drug-likeness (QED) is 0.908. The van der Waals surface area contributed by atoms with E-state index in [9.17, 15) is 18.7 Å². The molecule has 2 fully saturated rings. The molecule has 0 aromatic carbocycles. The maximum absolute atomic E-state index is 13.2. The zero-order valence-electron chi connectivity index (χ0n) is 13.0. The molecule has 1 aromatic rings. The van der Waals surface area contributed by atoms with Crippen LogP contribution < -0.4 is 0 Å². The van der Waals surface area contributed by atoms with Crippen molar-refractivity contribution in [3.05, 3.63) is 22.4 Å². The van der Waals surface area contributed by atoms with Crippen molar-refractivity contribution >= 4 is 17.2 Å². The smallest absolute Gasteiger partial charge is 0.250 e. The largest absolute Gasteiger partial charge is 0.387 e. The number of alkyl halides is 2. The molecule has 1 atom stereocenters. The molecule has 2 saturated heterocycles. The third kappa shape index (κ3) is 4.28. The summed E-state index contributed by atoms with van der Waals surface area (Å²) in [5, 5.41) is 14.6. The predicted molar refractivity (Wildman–Crippen MR) is 84.8 cm³/mol. The first kappa shape index (κ1) is 16.8. The molecule has 0 bridgehead atoms. The van der Waals surface area contributed by atoms with Crippen LogP contribution >= 0.6 is 11.3 Å². The first-order chi connectivity index (χ1) is 10.9. The summed E-state index contributed by atoms with van der Waals surface area (Å²) in [6, 6.07) is 1.93. The average Bonchev–Trinajstić information content (AvgIpc) is 3.11. The average molecular weight is 344 g/mol. The number of piperidine rings is 1. The van der Waals surface area contributed by atoms with E-state index < -0.39 is 11.5 Å². The molecule has 2 aliphatic heterocycles. The highest BCUT2D eigenvalue weighted by atomic mass is 32.1. The van der Waals surface area contributed by atoms with Gasteiger partial charge in [0.15, 0.2) is 0 Å². The Hall–Kier alpha value is -1.05. The zero-order chi connectivity index (χ0) is 16.5. The van der Waals surface area contributed by atoms with Crippen molar-refractivity contribution < 1.29 is 18.7 Å². The molecule has 2 aliphatic rings. The van der Waals surface area contributed by atoms with Gasteiger partial charge in [-0.3, -0.25) is 9.69 Å². The van der Waals surface area contributed by atoms with Gasteiger partial charge in [0.1, 0.15) is 0 Å². The Morgan fingerprint density at radius 2 is 2.00 bits per heavy atom. The second-order valence-electron chi connectivity index (χ2n) is 6.73. The van der Waals surface area contributed by atoms with Crippen molar-refractivity contribution in [2.75, 3.05) is 32.7 Å². The van der Waals surface area contributed by atoms with Crippen LogP contribution in [0.5, 0.6) is 0 Å². The van der Waals surface area contributed by atoms with Gasteiger partial charge in [-0.1, -0.05) is 0 Å². The number of aliphatic hydroxyl groups is 1. The Kier molecular flexibility index (Phi) is 4.71. The first-order valence-electron chi connectivity index (χ1n) is 7.97. The van der Waals surface area contributed by atoms with E-state index >= 15 is 0 Å². The predicted octanol–water partition coefficient (Wildman–Crippen LogP) is 1.99. The lowest BCUT2D eigenvalue weighted by Crippen LogP contribution is -2.49. The second kappa shape index (κ2) is 6.45. The lowest BCUT2D eigenvalue weighted by molar-refractivity contribution is -0.130. The molecule has 1 aromatic heterocycles. The standard InChI is InChI=1S/C16H22F2N2O2S/c17-16(18)3-5-19(6-4-16)11-15(22)2-7-20(12-15)14(21)9-13-1-8-23-10-13/h1,8,10,22H,2-7,9,11-12H2/t15-/m0/s1. The third-order valence-corrected chi connectivity index (χ3v) is 5.46. The molecule has 0 radical (unpaired) electrons. The maximum atomic E-state index is 13.2. The number of carbonyl (C=O) groups excluding carboxylic acids is 1. The highest BCUT2D eigenvalue weighted by molar-refractivity contribution is 7.07. The van der Waals surface area contributed by atoms with Gasteiger partial charge in [0.2, 0.25) is 5.91 Å². The minimum atomic E-state index is -2.57. The second-order valence-corrected chi connectivity index (χ2v) is 7.51. The molecule has 1 N–H and O–H groups in total.